The Labute approximate surface area is 115 Å². The Morgan fingerprint density at radius 3 is 2.40 bits per heavy atom. The molecule has 1 aromatic rings. The van der Waals surface area contributed by atoms with Crippen molar-refractivity contribution in [2.75, 3.05) is 13.1 Å². The maximum atomic E-state index is 13.1. The number of halogens is 3. The van der Waals surface area contributed by atoms with Crippen LogP contribution in [0.3, 0.4) is 0 Å². The predicted octanol–water partition coefficient (Wildman–Crippen LogP) is 3.46. The summed E-state index contributed by atoms with van der Waals surface area (Å²) in [5.74, 6) is -0.690. The van der Waals surface area contributed by atoms with Crippen LogP contribution in [0.2, 0.25) is 0 Å². The molecule has 0 bridgehead atoms. The van der Waals surface area contributed by atoms with Crippen molar-refractivity contribution in [1.82, 2.24) is 9.88 Å². The molecule has 1 aliphatic heterocycles. The lowest BCUT2D eigenvalue weighted by Gasteiger charge is -2.19. The molecule has 0 N–H and O–H groups in total. The van der Waals surface area contributed by atoms with Crippen LogP contribution >= 0.6 is 0 Å². The minimum absolute atomic E-state index is 0.0699. The van der Waals surface area contributed by atoms with Gasteiger partial charge in [-0.3, -0.25) is 9.78 Å². The van der Waals surface area contributed by atoms with Gasteiger partial charge in [0.05, 0.1) is 5.56 Å². The first-order valence-corrected chi connectivity index (χ1v) is 6.67. The Balaban J connectivity index is 2.43. The molecular weight excluding hydrogens is 269 g/mol. The molecule has 0 atom stereocenters. The number of hydrogen-bond acceptors (Lipinski definition) is 2. The predicted molar refractivity (Wildman–Crippen MR) is 68.5 cm³/mol. The number of rotatable bonds is 2. The van der Waals surface area contributed by atoms with Crippen molar-refractivity contribution in [3.63, 3.8) is 0 Å². The number of aromatic nitrogens is 1. The highest BCUT2D eigenvalue weighted by Crippen LogP contribution is 2.33. The average Bonchev–Trinajstić information content (AvgIpc) is 2.90. The number of amides is 1. The molecule has 2 rings (SSSR count). The van der Waals surface area contributed by atoms with Crippen LogP contribution in [0.4, 0.5) is 13.2 Å². The van der Waals surface area contributed by atoms with Crippen LogP contribution in [0.1, 0.15) is 54.2 Å². The van der Waals surface area contributed by atoms with E-state index in [9.17, 15) is 18.0 Å². The van der Waals surface area contributed by atoms with Crippen molar-refractivity contribution in [3.05, 3.63) is 29.1 Å². The van der Waals surface area contributed by atoms with E-state index in [1.807, 2.05) is 0 Å². The number of likely N-dealkylation sites (tertiary alicyclic amines) is 1. The van der Waals surface area contributed by atoms with E-state index in [4.69, 9.17) is 0 Å². The molecular formula is C14H17F3N2O. The Hall–Kier alpha value is -1.59. The second-order valence-electron chi connectivity index (χ2n) is 5.32. The lowest BCUT2D eigenvalue weighted by Crippen LogP contribution is -2.30. The number of carbonyl (C=O) groups excluding carboxylic acids is 1. The minimum atomic E-state index is -4.57. The summed E-state index contributed by atoms with van der Waals surface area (Å²) in [6.45, 7) is 4.59. The smallest absolute Gasteiger partial charge is 0.337 e. The van der Waals surface area contributed by atoms with E-state index in [1.54, 1.807) is 13.8 Å². The fourth-order valence-electron chi connectivity index (χ4n) is 2.25. The Morgan fingerprint density at radius 1 is 1.30 bits per heavy atom. The van der Waals surface area contributed by atoms with Gasteiger partial charge in [0.15, 0.2) is 0 Å². The molecule has 1 aromatic heterocycles. The zero-order valence-corrected chi connectivity index (χ0v) is 11.5. The number of carbonyl (C=O) groups is 1. The standard InChI is InChI=1S/C14H17F3N2O/c1-9(2)10-7-11(14(15,16)17)12(18-8-10)13(20)19-5-3-4-6-19/h7-9H,3-6H2,1-2H3. The first kappa shape index (κ1) is 14.8. The summed E-state index contributed by atoms with van der Waals surface area (Å²) in [4.78, 5) is 17.4. The van der Waals surface area contributed by atoms with Crippen molar-refractivity contribution < 1.29 is 18.0 Å². The second-order valence-corrected chi connectivity index (χ2v) is 5.32. The van der Waals surface area contributed by atoms with Gasteiger partial charge in [0.25, 0.3) is 5.91 Å². The number of hydrogen-bond donors (Lipinski definition) is 0. The summed E-state index contributed by atoms with van der Waals surface area (Å²) in [7, 11) is 0. The minimum Gasteiger partial charge on any atom is -0.337 e. The van der Waals surface area contributed by atoms with E-state index in [0.29, 0.717) is 18.7 Å². The van der Waals surface area contributed by atoms with Gasteiger partial charge in [0, 0.05) is 19.3 Å². The first-order valence-electron chi connectivity index (χ1n) is 6.67. The van der Waals surface area contributed by atoms with Gasteiger partial charge in [-0.1, -0.05) is 13.8 Å². The molecule has 0 unspecified atom stereocenters. The zero-order valence-electron chi connectivity index (χ0n) is 11.5. The van der Waals surface area contributed by atoms with E-state index < -0.39 is 23.3 Å². The fraction of sp³-hybridized carbons (Fsp3) is 0.571. The van der Waals surface area contributed by atoms with Crippen LogP contribution < -0.4 is 0 Å². The van der Waals surface area contributed by atoms with E-state index >= 15 is 0 Å². The molecule has 1 aliphatic rings. The number of alkyl halides is 3. The van der Waals surface area contributed by atoms with E-state index in [1.165, 1.54) is 11.1 Å². The summed E-state index contributed by atoms with van der Waals surface area (Å²) < 4.78 is 39.4. The van der Waals surface area contributed by atoms with Crippen LogP contribution in [0.25, 0.3) is 0 Å². The van der Waals surface area contributed by atoms with Crippen LogP contribution in [0.15, 0.2) is 12.3 Å². The first-order chi connectivity index (χ1) is 9.30. The van der Waals surface area contributed by atoms with Gasteiger partial charge in [0.2, 0.25) is 0 Å². The molecule has 0 radical (unpaired) electrons. The summed E-state index contributed by atoms with van der Waals surface area (Å²) in [5.41, 5.74) is -0.931. The highest BCUT2D eigenvalue weighted by molar-refractivity contribution is 5.94. The molecule has 3 nitrogen and oxygen atoms in total. The molecule has 1 amide bonds. The molecule has 2 heterocycles. The maximum absolute atomic E-state index is 13.1. The Bertz CT molecular complexity index is 506. The highest BCUT2D eigenvalue weighted by Gasteiger charge is 2.38. The van der Waals surface area contributed by atoms with Gasteiger partial charge >= 0.3 is 6.18 Å². The normalized spacial score (nSPS) is 16.0. The third-order valence-electron chi connectivity index (χ3n) is 3.48. The number of pyridine rings is 1. The van der Waals surface area contributed by atoms with Crippen LogP contribution in [0, 0.1) is 0 Å². The van der Waals surface area contributed by atoms with Crippen molar-refractivity contribution in [3.8, 4) is 0 Å². The molecule has 6 heteroatoms. The summed E-state index contributed by atoms with van der Waals surface area (Å²) in [6.07, 6.45) is -1.54. The van der Waals surface area contributed by atoms with Crippen molar-refractivity contribution >= 4 is 5.91 Å². The van der Waals surface area contributed by atoms with Gasteiger partial charge in [-0.15, -0.1) is 0 Å². The van der Waals surface area contributed by atoms with Crippen molar-refractivity contribution in [1.29, 1.82) is 0 Å². The molecule has 0 aromatic carbocycles. The van der Waals surface area contributed by atoms with E-state index in [-0.39, 0.29) is 5.92 Å². The SMILES string of the molecule is CC(C)c1cnc(C(=O)N2CCCC2)c(C(F)(F)F)c1. The Kier molecular flexibility index (Phi) is 4.01. The molecule has 1 fully saturated rings. The monoisotopic (exact) mass is 286 g/mol. The largest absolute Gasteiger partial charge is 0.418 e. The summed E-state index contributed by atoms with van der Waals surface area (Å²) >= 11 is 0. The molecule has 0 spiro atoms. The lowest BCUT2D eigenvalue weighted by molar-refractivity contribution is -0.138. The molecule has 20 heavy (non-hydrogen) atoms. The van der Waals surface area contributed by atoms with E-state index in [0.717, 1.165) is 18.9 Å². The second kappa shape index (κ2) is 5.42. The van der Waals surface area contributed by atoms with Gasteiger partial charge in [0.1, 0.15) is 5.69 Å². The third-order valence-corrected chi connectivity index (χ3v) is 3.48. The van der Waals surface area contributed by atoms with Crippen LogP contribution in [-0.4, -0.2) is 28.9 Å². The maximum Gasteiger partial charge on any atom is 0.418 e. The quantitative estimate of drug-likeness (QED) is 0.834. The van der Waals surface area contributed by atoms with Crippen molar-refractivity contribution in [2.24, 2.45) is 0 Å². The number of nitrogens with zero attached hydrogens (tertiary/aromatic N) is 2. The zero-order chi connectivity index (χ0) is 14.9. The molecule has 110 valence electrons. The van der Waals surface area contributed by atoms with Crippen molar-refractivity contribution in [2.45, 2.75) is 38.8 Å². The third kappa shape index (κ3) is 2.94. The van der Waals surface area contributed by atoms with Gasteiger partial charge in [-0.25, -0.2) is 0 Å². The average molecular weight is 286 g/mol. The van der Waals surface area contributed by atoms with Gasteiger partial charge in [-0.05, 0) is 30.4 Å². The van der Waals surface area contributed by atoms with Gasteiger partial charge < -0.3 is 4.90 Å². The lowest BCUT2D eigenvalue weighted by atomic mass is 10.0. The molecule has 0 saturated carbocycles. The summed E-state index contributed by atoms with van der Waals surface area (Å²) in [6, 6.07) is 1.04. The van der Waals surface area contributed by atoms with Crippen LogP contribution in [0.5, 0.6) is 0 Å². The Morgan fingerprint density at radius 2 is 1.90 bits per heavy atom. The van der Waals surface area contributed by atoms with Crippen LogP contribution in [-0.2, 0) is 6.18 Å². The topological polar surface area (TPSA) is 33.2 Å². The molecule has 0 aliphatic carbocycles. The van der Waals surface area contributed by atoms with E-state index in [2.05, 4.69) is 4.98 Å². The summed E-state index contributed by atoms with van der Waals surface area (Å²) in [5, 5.41) is 0. The molecule has 1 saturated heterocycles. The highest BCUT2D eigenvalue weighted by atomic mass is 19.4. The van der Waals surface area contributed by atoms with Gasteiger partial charge in [-0.2, -0.15) is 13.2 Å². The fourth-order valence-corrected chi connectivity index (χ4v) is 2.25.